The van der Waals surface area contributed by atoms with Crippen LogP contribution in [0.2, 0.25) is 0 Å². The first-order valence-electron chi connectivity index (χ1n) is 1.97. The van der Waals surface area contributed by atoms with Gasteiger partial charge in [-0.15, -0.1) is 0 Å². The molecule has 7 heavy (non-hydrogen) atoms. The van der Waals surface area contributed by atoms with Crippen LogP contribution in [0.15, 0.2) is 10.6 Å². The minimum absolute atomic E-state index is 0.713. The molecule has 0 saturated carbocycles. The van der Waals surface area contributed by atoms with Gasteiger partial charge >= 0.3 is 0 Å². The SMILES string of the molecule is Cc1ncc(P)o1. The molecule has 1 aromatic heterocycles. The van der Waals surface area contributed by atoms with E-state index in [9.17, 15) is 0 Å². The summed E-state index contributed by atoms with van der Waals surface area (Å²) in [6.07, 6.45) is 1.67. The quantitative estimate of drug-likeness (QED) is 0.460. The van der Waals surface area contributed by atoms with Gasteiger partial charge in [-0.1, -0.05) is 9.24 Å². The Labute approximate surface area is 44.1 Å². The van der Waals surface area contributed by atoms with E-state index in [1.165, 1.54) is 0 Å². The molecule has 0 fully saturated rings. The fourth-order valence-electron chi connectivity index (χ4n) is 0.378. The monoisotopic (exact) mass is 115 g/mol. The Morgan fingerprint density at radius 1 is 1.86 bits per heavy atom. The van der Waals surface area contributed by atoms with E-state index in [0.29, 0.717) is 5.89 Å². The predicted octanol–water partition coefficient (Wildman–Crippen LogP) is 0.483. The fourth-order valence-corrected chi connectivity index (χ4v) is 0.623. The lowest BCUT2D eigenvalue weighted by atomic mass is 10.8. The lowest BCUT2D eigenvalue weighted by molar-refractivity contribution is 0.552. The zero-order chi connectivity index (χ0) is 5.28. The topological polar surface area (TPSA) is 26.0 Å². The lowest BCUT2D eigenvalue weighted by Gasteiger charge is -1.73. The molecule has 1 atom stereocenters. The second kappa shape index (κ2) is 1.63. The van der Waals surface area contributed by atoms with Crippen LogP contribution >= 0.6 is 9.24 Å². The highest BCUT2D eigenvalue weighted by molar-refractivity contribution is 7.26. The molecule has 0 aliphatic heterocycles. The number of rotatable bonds is 0. The number of aromatic nitrogens is 1. The molecule has 2 nitrogen and oxygen atoms in total. The van der Waals surface area contributed by atoms with Gasteiger partial charge in [0.25, 0.3) is 0 Å². The van der Waals surface area contributed by atoms with Crippen molar-refractivity contribution < 1.29 is 4.42 Å². The van der Waals surface area contributed by atoms with Crippen LogP contribution in [0.25, 0.3) is 0 Å². The maximum absolute atomic E-state index is 4.94. The number of nitrogens with zero attached hydrogens (tertiary/aromatic N) is 1. The van der Waals surface area contributed by atoms with Gasteiger partial charge in [-0.2, -0.15) is 0 Å². The zero-order valence-electron chi connectivity index (χ0n) is 4.01. The summed E-state index contributed by atoms with van der Waals surface area (Å²) >= 11 is 0. The Bertz CT molecular complexity index is 144. The summed E-state index contributed by atoms with van der Waals surface area (Å²) < 4.78 is 4.94. The van der Waals surface area contributed by atoms with Crippen LogP contribution in [-0.2, 0) is 0 Å². The molecule has 0 bridgehead atoms. The summed E-state index contributed by atoms with van der Waals surface area (Å²) in [7, 11) is 2.42. The number of aryl methyl sites for hydroxylation is 1. The molecular weight excluding hydrogens is 109 g/mol. The molecule has 1 unspecified atom stereocenters. The third-order valence-electron chi connectivity index (χ3n) is 0.639. The van der Waals surface area contributed by atoms with E-state index < -0.39 is 0 Å². The largest absolute Gasteiger partial charge is 0.442 e. The van der Waals surface area contributed by atoms with E-state index in [1.54, 1.807) is 6.20 Å². The molecule has 0 aliphatic carbocycles. The molecule has 1 aromatic rings. The third kappa shape index (κ3) is 1.00. The lowest BCUT2D eigenvalue weighted by Crippen LogP contribution is -1.75. The summed E-state index contributed by atoms with van der Waals surface area (Å²) in [6, 6.07) is 0. The van der Waals surface area contributed by atoms with Gasteiger partial charge < -0.3 is 4.42 Å². The van der Waals surface area contributed by atoms with Crippen molar-refractivity contribution in [2.75, 3.05) is 0 Å². The van der Waals surface area contributed by atoms with Gasteiger partial charge in [-0.25, -0.2) is 4.98 Å². The average Bonchev–Trinajstić information content (AvgIpc) is 1.87. The normalized spacial score (nSPS) is 9.43. The summed E-state index contributed by atoms with van der Waals surface area (Å²) in [4.78, 5) is 3.83. The number of hydrogen-bond donors (Lipinski definition) is 0. The van der Waals surface area contributed by atoms with E-state index in [0.717, 1.165) is 5.50 Å². The smallest absolute Gasteiger partial charge is 0.191 e. The summed E-state index contributed by atoms with van der Waals surface area (Å²) in [5.74, 6) is 0.713. The van der Waals surface area contributed by atoms with E-state index in [2.05, 4.69) is 14.2 Å². The zero-order valence-corrected chi connectivity index (χ0v) is 5.16. The van der Waals surface area contributed by atoms with Gasteiger partial charge in [0.1, 0.15) is 5.50 Å². The first-order chi connectivity index (χ1) is 3.29. The van der Waals surface area contributed by atoms with E-state index in [4.69, 9.17) is 4.42 Å². The Morgan fingerprint density at radius 3 is 2.71 bits per heavy atom. The molecule has 0 radical (unpaired) electrons. The molecule has 0 aliphatic rings. The van der Waals surface area contributed by atoms with Gasteiger partial charge in [-0.05, 0) is 0 Å². The standard InChI is InChI=1S/C4H6NOP/c1-3-5-2-4(7)6-3/h2H,7H2,1H3. The summed E-state index contributed by atoms with van der Waals surface area (Å²) in [5.41, 5.74) is 0.789. The van der Waals surface area contributed by atoms with Crippen molar-refractivity contribution in [3.05, 3.63) is 12.1 Å². The van der Waals surface area contributed by atoms with Crippen molar-refractivity contribution in [3.63, 3.8) is 0 Å². The first-order valence-corrected chi connectivity index (χ1v) is 2.54. The highest BCUT2D eigenvalue weighted by atomic mass is 31.0. The molecule has 0 spiro atoms. The predicted molar refractivity (Wildman–Crippen MR) is 30.6 cm³/mol. The molecular formula is C4H6NOP. The van der Waals surface area contributed by atoms with Crippen LogP contribution in [-0.4, -0.2) is 4.98 Å². The Kier molecular flexibility index (Phi) is 1.11. The molecule has 1 heterocycles. The minimum atomic E-state index is 0.713. The van der Waals surface area contributed by atoms with E-state index >= 15 is 0 Å². The van der Waals surface area contributed by atoms with Crippen LogP contribution in [0.5, 0.6) is 0 Å². The fraction of sp³-hybridized carbons (Fsp3) is 0.250. The Balaban J connectivity index is 3.04. The third-order valence-corrected chi connectivity index (χ3v) is 0.906. The van der Waals surface area contributed by atoms with Crippen LogP contribution in [0.1, 0.15) is 5.89 Å². The maximum atomic E-state index is 4.94. The second-order valence-corrected chi connectivity index (χ2v) is 1.85. The van der Waals surface area contributed by atoms with Gasteiger partial charge in [0.15, 0.2) is 5.89 Å². The van der Waals surface area contributed by atoms with Gasteiger partial charge in [0.05, 0.1) is 6.20 Å². The highest BCUT2D eigenvalue weighted by Gasteiger charge is 1.87. The Hall–Kier alpha value is -0.360. The minimum Gasteiger partial charge on any atom is -0.442 e. The number of hydrogen-bond acceptors (Lipinski definition) is 2. The summed E-state index contributed by atoms with van der Waals surface area (Å²) in [6.45, 7) is 1.81. The molecule has 38 valence electrons. The van der Waals surface area contributed by atoms with Gasteiger partial charge in [-0.3, -0.25) is 0 Å². The first kappa shape index (κ1) is 4.79. The average molecular weight is 115 g/mol. The van der Waals surface area contributed by atoms with E-state index in [-0.39, 0.29) is 0 Å². The molecule has 0 aromatic carbocycles. The molecule has 3 heteroatoms. The maximum Gasteiger partial charge on any atom is 0.191 e. The van der Waals surface area contributed by atoms with Crippen LogP contribution in [0, 0.1) is 6.92 Å². The van der Waals surface area contributed by atoms with Gasteiger partial charge in [0, 0.05) is 6.92 Å². The van der Waals surface area contributed by atoms with Crippen molar-refractivity contribution in [2.24, 2.45) is 0 Å². The van der Waals surface area contributed by atoms with Crippen LogP contribution in [0.3, 0.4) is 0 Å². The van der Waals surface area contributed by atoms with Crippen LogP contribution < -0.4 is 5.50 Å². The molecule has 0 saturated heterocycles. The number of oxazole rings is 1. The molecule has 0 N–H and O–H groups in total. The van der Waals surface area contributed by atoms with Crippen molar-refractivity contribution >= 4 is 14.7 Å². The summed E-state index contributed by atoms with van der Waals surface area (Å²) in [5, 5.41) is 0. The second-order valence-electron chi connectivity index (χ2n) is 1.28. The Morgan fingerprint density at radius 2 is 2.57 bits per heavy atom. The molecule has 0 amide bonds. The van der Waals surface area contributed by atoms with Crippen molar-refractivity contribution in [1.82, 2.24) is 4.98 Å². The van der Waals surface area contributed by atoms with E-state index in [1.807, 2.05) is 6.92 Å². The van der Waals surface area contributed by atoms with Crippen LogP contribution in [0.4, 0.5) is 0 Å². The van der Waals surface area contributed by atoms with Gasteiger partial charge in [0.2, 0.25) is 0 Å². The molecule has 1 rings (SSSR count). The highest BCUT2D eigenvalue weighted by Crippen LogP contribution is 1.91. The van der Waals surface area contributed by atoms with Crippen molar-refractivity contribution in [2.45, 2.75) is 6.92 Å². The van der Waals surface area contributed by atoms with Crippen molar-refractivity contribution in [1.29, 1.82) is 0 Å². The van der Waals surface area contributed by atoms with Crippen molar-refractivity contribution in [3.8, 4) is 0 Å².